The highest BCUT2D eigenvalue weighted by atomic mass is 32.2. The smallest absolute Gasteiger partial charge is 0.214 e. The Bertz CT molecular complexity index is 1090. The predicted molar refractivity (Wildman–Crippen MR) is 112 cm³/mol. The molecule has 0 saturated heterocycles. The molecule has 0 amide bonds. The SMILES string of the molecule is CCOCc1nc2cnc3ccccc3c2n1CC(C)(C)CS(=O)(=O)N(C)C. The van der Waals surface area contributed by atoms with Crippen LogP contribution in [0.3, 0.4) is 0 Å². The summed E-state index contributed by atoms with van der Waals surface area (Å²) in [5.41, 5.74) is 2.15. The van der Waals surface area contributed by atoms with Crippen molar-refractivity contribution in [1.29, 1.82) is 0 Å². The first-order valence-corrected chi connectivity index (χ1v) is 11.0. The van der Waals surface area contributed by atoms with Gasteiger partial charge < -0.3 is 9.30 Å². The molecule has 152 valence electrons. The van der Waals surface area contributed by atoms with E-state index in [1.807, 2.05) is 45.0 Å². The van der Waals surface area contributed by atoms with Crippen LogP contribution >= 0.6 is 0 Å². The summed E-state index contributed by atoms with van der Waals surface area (Å²) in [6.07, 6.45) is 1.77. The normalized spacial score (nSPS) is 13.1. The van der Waals surface area contributed by atoms with Crippen molar-refractivity contribution in [2.45, 2.75) is 33.9 Å². The van der Waals surface area contributed by atoms with Gasteiger partial charge in [-0.15, -0.1) is 0 Å². The van der Waals surface area contributed by atoms with E-state index >= 15 is 0 Å². The molecule has 0 atom stereocenters. The third-order valence-corrected chi connectivity index (χ3v) is 6.97. The number of hydrogen-bond donors (Lipinski definition) is 0. The third-order valence-electron chi connectivity index (χ3n) is 4.71. The van der Waals surface area contributed by atoms with E-state index in [9.17, 15) is 8.42 Å². The summed E-state index contributed by atoms with van der Waals surface area (Å²) in [5.74, 6) is 0.828. The van der Waals surface area contributed by atoms with Gasteiger partial charge in [0.05, 0.1) is 23.0 Å². The van der Waals surface area contributed by atoms with Crippen molar-refractivity contribution in [2.75, 3.05) is 26.5 Å². The zero-order valence-electron chi connectivity index (χ0n) is 17.1. The van der Waals surface area contributed by atoms with Gasteiger partial charge >= 0.3 is 0 Å². The summed E-state index contributed by atoms with van der Waals surface area (Å²) in [6.45, 7) is 7.34. The van der Waals surface area contributed by atoms with Crippen molar-refractivity contribution in [1.82, 2.24) is 18.8 Å². The molecule has 0 unspecified atom stereocenters. The van der Waals surface area contributed by atoms with E-state index < -0.39 is 15.4 Å². The Balaban J connectivity index is 2.12. The first-order valence-electron chi connectivity index (χ1n) is 9.35. The fourth-order valence-corrected chi connectivity index (χ4v) is 4.72. The number of benzene rings is 1. The van der Waals surface area contributed by atoms with Gasteiger partial charge in [-0.05, 0) is 18.4 Å². The number of aromatic nitrogens is 3. The first-order chi connectivity index (χ1) is 13.1. The molecule has 0 aliphatic carbocycles. The van der Waals surface area contributed by atoms with Crippen molar-refractivity contribution < 1.29 is 13.2 Å². The number of hydrogen-bond acceptors (Lipinski definition) is 5. The molecule has 0 aliphatic rings. The first kappa shape index (κ1) is 20.7. The molecule has 0 bridgehead atoms. The Morgan fingerprint density at radius 1 is 1.18 bits per heavy atom. The summed E-state index contributed by atoms with van der Waals surface area (Å²) in [4.78, 5) is 9.24. The van der Waals surface area contributed by atoms with Crippen LogP contribution in [-0.4, -0.2) is 53.7 Å². The number of rotatable bonds is 8. The molecule has 28 heavy (non-hydrogen) atoms. The van der Waals surface area contributed by atoms with Gasteiger partial charge in [0.1, 0.15) is 17.9 Å². The highest BCUT2D eigenvalue weighted by molar-refractivity contribution is 7.89. The Kier molecular flexibility index (Phi) is 5.74. The van der Waals surface area contributed by atoms with Crippen LogP contribution in [0.25, 0.3) is 21.9 Å². The molecule has 0 saturated carbocycles. The zero-order valence-corrected chi connectivity index (χ0v) is 18.0. The van der Waals surface area contributed by atoms with E-state index in [0.29, 0.717) is 19.8 Å². The van der Waals surface area contributed by atoms with Crippen molar-refractivity contribution in [3.05, 3.63) is 36.3 Å². The second kappa shape index (κ2) is 7.77. The van der Waals surface area contributed by atoms with E-state index in [-0.39, 0.29) is 5.75 Å². The molecular formula is C20H28N4O3S. The Labute approximate surface area is 166 Å². The minimum absolute atomic E-state index is 0.0454. The Morgan fingerprint density at radius 2 is 1.89 bits per heavy atom. The van der Waals surface area contributed by atoms with Gasteiger partial charge in [0.15, 0.2) is 0 Å². The second-order valence-electron chi connectivity index (χ2n) is 7.96. The average Bonchev–Trinajstić information content (AvgIpc) is 2.96. The third kappa shape index (κ3) is 4.19. The molecule has 0 fully saturated rings. The van der Waals surface area contributed by atoms with E-state index in [2.05, 4.69) is 9.55 Å². The van der Waals surface area contributed by atoms with Gasteiger partial charge in [0.25, 0.3) is 0 Å². The number of ether oxygens (including phenoxy) is 1. The molecule has 2 aromatic heterocycles. The minimum Gasteiger partial charge on any atom is -0.374 e. The van der Waals surface area contributed by atoms with Crippen molar-refractivity contribution >= 4 is 32.0 Å². The standard InChI is InChI=1S/C20H28N4O3S/c1-6-27-12-18-22-17-11-21-16-10-8-7-9-15(16)19(17)24(18)13-20(2,3)14-28(25,26)23(4)5/h7-11H,6,12-14H2,1-5H3. The van der Waals surface area contributed by atoms with Crippen LogP contribution in [-0.2, 0) is 27.9 Å². The minimum atomic E-state index is -3.33. The van der Waals surface area contributed by atoms with Gasteiger partial charge in [-0.2, -0.15) is 0 Å². The van der Waals surface area contributed by atoms with Crippen LogP contribution in [0.15, 0.2) is 30.5 Å². The molecule has 8 heteroatoms. The zero-order chi connectivity index (χ0) is 20.5. The summed E-state index contributed by atoms with van der Waals surface area (Å²) in [6, 6.07) is 7.92. The maximum atomic E-state index is 12.5. The van der Waals surface area contributed by atoms with Crippen LogP contribution in [0.2, 0.25) is 0 Å². The highest BCUT2D eigenvalue weighted by Gasteiger charge is 2.30. The second-order valence-corrected chi connectivity index (χ2v) is 10.1. The van der Waals surface area contributed by atoms with Crippen LogP contribution in [0, 0.1) is 5.41 Å². The summed E-state index contributed by atoms with van der Waals surface area (Å²) in [5, 5.41) is 1.00. The largest absolute Gasteiger partial charge is 0.374 e. The lowest BCUT2D eigenvalue weighted by molar-refractivity contribution is 0.124. The fourth-order valence-electron chi connectivity index (χ4n) is 3.38. The summed E-state index contributed by atoms with van der Waals surface area (Å²) in [7, 11) is -0.194. The predicted octanol–water partition coefficient (Wildman–Crippen LogP) is 3.04. The maximum Gasteiger partial charge on any atom is 0.214 e. The molecule has 3 aromatic rings. The van der Waals surface area contributed by atoms with Crippen LogP contribution < -0.4 is 0 Å². The maximum absolute atomic E-state index is 12.5. The summed E-state index contributed by atoms with van der Waals surface area (Å²) >= 11 is 0. The number of para-hydroxylation sites is 1. The van der Waals surface area contributed by atoms with Crippen molar-refractivity contribution in [3.8, 4) is 0 Å². The molecule has 0 N–H and O–H groups in total. The van der Waals surface area contributed by atoms with Gasteiger partial charge in [0.2, 0.25) is 10.0 Å². The molecule has 3 rings (SSSR count). The number of pyridine rings is 1. The van der Waals surface area contributed by atoms with Gasteiger partial charge in [-0.25, -0.2) is 17.7 Å². The highest BCUT2D eigenvalue weighted by Crippen LogP contribution is 2.30. The number of imidazole rings is 1. The lowest BCUT2D eigenvalue weighted by Crippen LogP contribution is -2.35. The van der Waals surface area contributed by atoms with E-state index in [1.54, 1.807) is 20.3 Å². The monoisotopic (exact) mass is 404 g/mol. The van der Waals surface area contributed by atoms with E-state index in [1.165, 1.54) is 4.31 Å². The number of fused-ring (bicyclic) bond motifs is 3. The van der Waals surface area contributed by atoms with Crippen LogP contribution in [0.1, 0.15) is 26.6 Å². The number of nitrogens with zero attached hydrogens (tertiary/aromatic N) is 4. The lowest BCUT2D eigenvalue weighted by atomic mass is 9.96. The quantitative estimate of drug-likeness (QED) is 0.577. The molecule has 7 nitrogen and oxygen atoms in total. The summed E-state index contributed by atoms with van der Waals surface area (Å²) < 4.78 is 33.9. The van der Waals surface area contributed by atoms with Crippen LogP contribution in [0.5, 0.6) is 0 Å². The van der Waals surface area contributed by atoms with Gasteiger partial charge in [-0.1, -0.05) is 32.0 Å². The van der Waals surface area contributed by atoms with Crippen LogP contribution in [0.4, 0.5) is 0 Å². The molecule has 0 spiro atoms. The number of sulfonamides is 1. The molecule has 0 aliphatic heterocycles. The lowest BCUT2D eigenvalue weighted by Gasteiger charge is -2.28. The average molecular weight is 405 g/mol. The molecule has 0 radical (unpaired) electrons. The van der Waals surface area contributed by atoms with Crippen molar-refractivity contribution in [3.63, 3.8) is 0 Å². The van der Waals surface area contributed by atoms with Crippen molar-refractivity contribution in [2.24, 2.45) is 5.41 Å². The van der Waals surface area contributed by atoms with E-state index in [0.717, 1.165) is 27.8 Å². The Morgan fingerprint density at radius 3 is 2.57 bits per heavy atom. The molecular weight excluding hydrogens is 376 g/mol. The van der Waals surface area contributed by atoms with E-state index in [4.69, 9.17) is 9.72 Å². The fraction of sp³-hybridized carbons (Fsp3) is 0.500. The topological polar surface area (TPSA) is 77.3 Å². The molecule has 2 heterocycles. The van der Waals surface area contributed by atoms with Gasteiger partial charge in [0, 0.05) is 32.6 Å². The Hall–Kier alpha value is -2.03. The van der Waals surface area contributed by atoms with Gasteiger partial charge in [-0.3, -0.25) is 4.98 Å². The molecule has 1 aromatic carbocycles.